The van der Waals surface area contributed by atoms with Gasteiger partial charge in [-0.05, 0) is 37.5 Å². The van der Waals surface area contributed by atoms with Gasteiger partial charge >= 0.3 is 0 Å². The summed E-state index contributed by atoms with van der Waals surface area (Å²) in [5.41, 5.74) is 2.32. The minimum Gasteiger partial charge on any atom is -0.357 e. The Morgan fingerprint density at radius 3 is 2.76 bits per heavy atom. The Bertz CT molecular complexity index is 604. The van der Waals surface area contributed by atoms with Crippen molar-refractivity contribution < 1.29 is 0 Å². The van der Waals surface area contributed by atoms with Crippen LogP contribution in [0.5, 0.6) is 0 Å². The van der Waals surface area contributed by atoms with E-state index in [4.69, 9.17) is 0 Å². The van der Waals surface area contributed by atoms with Crippen LogP contribution in [-0.4, -0.2) is 27.4 Å². The maximum Gasteiger partial charge on any atom is 0.202 e. The predicted octanol–water partition coefficient (Wildman–Crippen LogP) is 3.02. The van der Waals surface area contributed by atoms with Crippen LogP contribution in [0.15, 0.2) is 12.1 Å². The van der Waals surface area contributed by atoms with Crippen LogP contribution in [0.2, 0.25) is 0 Å². The van der Waals surface area contributed by atoms with Gasteiger partial charge in [0.15, 0.2) is 0 Å². The van der Waals surface area contributed by atoms with Gasteiger partial charge < -0.3 is 10.2 Å². The number of hydrogen-bond donors (Lipinski definition) is 1. The monoisotopic (exact) mass is 303 g/mol. The van der Waals surface area contributed by atoms with Gasteiger partial charge in [-0.1, -0.05) is 6.92 Å². The van der Waals surface area contributed by atoms with E-state index in [9.17, 15) is 0 Å². The summed E-state index contributed by atoms with van der Waals surface area (Å²) in [7, 11) is 0. The SMILES string of the molecule is CCc1nsc(NCc2cc(C)nc(N3CCCC3)c2)n1. The molecule has 0 atom stereocenters. The van der Waals surface area contributed by atoms with E-state index in [2.05, 4.69) is 50.5 Å². The van der Waals surface area contributed by atoms with Crippen molar-refractivity contribution in [3.63, 3.8) is 0 Å². The summed E-state index contributed by atoms with van der Waals surface area (Å²) in [5, 5.41) is 4.25. The lowest BCUT2D eigenvalue weighted by Gasteiger charge is -2.18. The number of anilines is 2. The fourth-order valence-electron chi connectivity index (χ4n) is 2.58. The van der Waals surface area contributed by atoms with E-state index in [0.717, 1.165) is 48.5 Å². The van der Waals surface area contributed by atoms with Crippen molar-refractivity contribution in [2.75, 3.05) is 23.3 Å². The molecule has 112 valence electrons. The molecule has 1 N–H and O–H groups in total. The molecule has 0 saturated carbocycles. The zero-order valence-corrected chi connectivity index (χ0v) is 13.4. The van der Waals surface area contributed by atoms with Gasteiger partial charge in [-0.3, -0.25) is 0 Å². The highest BCUT2D eigenvalue weighted by atomic mass is 32.1. The zero-order chi connectivity index (χ0) is 14.7. The molecule has 0 aromatic carbocycles. The van der Waals surface area contributed by atoms with Crippen molar-refractivity contribution in [3.05, 3.63) is 29.2 Å². The molecule has 2 aromatic rings. The number of hydrogen-bond acceptors (Lipinski definition) is 6. The van der Waals surface area contributed by atoms with E-state index in [1.54, 1.807) is 0 Å². The summed E-state index contributed by atoms with van der Waals surface area (Å²) in [6.07, 6.45) is 3.42. The van der Waals surface area contributed by atoms with Crippen molar-refractivity contribution in [3.8, 4) is 0 Å². The summed E-state index contributed by atoms with van der Waals surface area (Å²) in [6, 6.07) is 4.32. The van der Waals surface area contributed by atoms with Crippen LogP contribution < -0.4 is 10.2 Å². The first kappa shape index (κ1) is 14.3. The first-order valence-electron chi connectivity index (χ1n) is 7.53. The Balaban J connectivity index is 1.69. The largest absolute Gasteiger partial charge is 0.357 e. The van der Waals surface area contributed by atoms with E-state index in [-0.39, 0.29) is 0 Å². The lowest BCUT2D eigenvalue weighted by atomic mass is 10.2. The fraction of sp³-hybridized carbons (Fsp3) is 0.533. The third-order valence-electron chi connectivity index (χ3n) is 3.66. The molecule has 3 heterocycles. The quantitative estimate of drug-likeness (QED) is 0.920. The molecular weight excluding hydrogens is 282 g/mol. The average Bonchev–Trinajstić information content (AvgIpc) is 3.16. The number of rotatable bonds is 5. The van der Waals surface area contributed by atoms with Gasteiger partial charge in [-0.15, -0.1) is 0 Å². The Morgan fingerprint density at radius 2 is 2.05 bits per heavy atom. The van der Waals surface area contributed by atoms with Crippen LogP contribution >= 0.6 is 11.5 Å². The summed E-state index contributed by atoms with van der Waals surface area (Å²) < 4.78 is 4.29. The number of pyridine rings is 1. The minimum atomic E-state index is 0.766. The van der Waals surface area contributed by atoms with E-state index >= 15 is 0 Å². The highest BCUT2D eigenvalue weighted by molar-refractivity contribution is 7.09. The first-order chi connectivity index (χ1) is 10.2. The first-order valence-corrected chi connectivity index (χ1v) is 8.31. The van der Waals surface area contributed by atoms with E-state index < -0.39 is 0 Å². The maximum atomic E-state index is 4.66. The van der Waals surface area contributed by atoms with Crippen LogP contribution in [-0.2, 0) is 13.0 Å². The Hall–Kier alpha value is -1.69. The molecule has 0 aliphatic carbocycles. The second kappa shape index (κ2) is 6.39. The van der Waals surface area contributed by atoms with Gasteiger partial charge in [0.2, 0.25) is 5.13 Å². The van der Waals surface area contributed by atoms with Gasteiger partial charge in [0.05, 0.1) is 0 Å². The summed E-state index contributed by atoms with van der Waals surface area (Å²) in [6.45, 7) is 7.14. The summed E-state index contributed by atoms with van der Waals surface area (Å²) >= 11 is 1.43. The van der Waals surface area contributed by atoms with E-state index in [1.165, 1.54) is 29.9 Å². The van der Waals surface area contributed by atoms with Crippen molar-refractivity contribution in [2.24, 2.45) is 0 Å². The van der Waals surface area contributed by atoms with Crippen LogP contribution in [0.25, 0.3) is 0 Å². The summed E-state index contributed by atoms with van der Waals surface area (Å²) in [5.74, 6) is 2.02. The molecule has 0 radical (unpaired) electrons. The highest BCUT2D eigenvalue weighted by Crippen LogP contribution is 2.21. The average molecular weight is 303 g/mol. The Kier molecular flexibility index (Phi) is 4.34. The molecule has 21 heavy (non-hydrogen) atoms. The van der Waals surface area contributed by atoms with Gasteiger partial charge in [0.1, 0.15) is 11.6 Å². The number of nitrogens with one attached hydrogen (secondary N) is 1. The maximum absolute atomic E-state index is 4.66. The molecule has 0 spiro atoms. The van der Waals surface area contributed by atoms with Crippen LogP contribution in [0.4, 0.5) is 10.9 Å². The van der Waals surface area contributed by atoms with E-state index in [1.807, 2.05) is 0 Å². The number of aromatic nitrogens is 3. The zero-order valence-electron chi connectivity index (χ0n) is 12.6. The van der Waals surface area contributed by atoms with E-state index in [0.29, 0.717) is 0 Å². The fourth-order valence-corrected chi connectivity index (χ4v) is 3.22. The van der Waals surface area contributed by atoms with Crippen LogP contribution in [0, 0.1) is 6.92 Å². The van der Waals surface area contributed by atoms with Gasteiger partial charge in [0, 0.05) is 43.3 Å². The predicted molar refractivity (Wildman–Crippen MR) is 87.0 cm³/mol. The minimum absolute atomic E-state index is 0.766. The molecule has 0 amide bonds. The lowest BCUT2D eigenvalue weighted by Crippen LogP contribution is -2.19. The molecule has 3 rings (SSSR count). The standard InChI is InChI=1S/C15H21N5S/c1-3-13-18-15(21-19-13)16-10-12-8-11(2)17-14(9-12)20-6-4-5-7-20/h8-9H,3-7,10H2,1-2H3,(H,16,18,19). The van der Waals surface area contributed by atoms with Crippen molar-refractivity contribution in [2.45, 2.75) is 39.7 Å². The number of nitrogens with zero attached hydrogens (tertiary/aromatic N) is 4. The lowest BCUT2D eigenvalue weighted by molar-refractivity contribution is 0.921. The molecule has 6 heteroatoms. The van der Waals surface area contributed by atoms with Gasteiger partial charge in [0.25, 0.3) is 0 Å². The second-order valence-corrected chi connectivity index (χ2v) is 6.14. The van der Waals surface area contributed by atoms with Crippen molar-refractivity contribution in [1.29, 1.82) is 0 Å². The molecule has 0 bridgehead atoms. The Morgan fingerprint density at radius 1 is 1.24 bits per heavy atom. The van der Waals surface area contributed by atoms with Gasteiger partial charge in [-0.25, -0.2) is 9.97 Å². The molecule has 1 aliphatic heterocycles. The molecule has 1 aliphatic rings. The number of aryl methyl sites for hydroxylation is 2. The molecular formula is C15H21N5S. The molecule has 5 nitrogen and oxygen atoms in total. The van der Waals surface area contributed by atoms with Crippen LogP contribution in [0.1, 0.15) is 36.8 Å². The van der Waals surface area contributed by atoms with Crippen molar-refractivity contribution in [1.82, 2.24) is 14.3 Å². The van der Waals surface area contributed by atoms with Crippen molar-refractivity contribution >= 4 is 22.5 Å². The highest BCUT2D eigenvalue weighted by Gasteiger charge is 2.14. The molecule has 2 aromatic heterocycles. The topological polar surface area (TPSA) is 53.9 Å². The third kappa shape index (κ3) is 3.50. The third-order valence-corrected chi connectivity index (χ3v) is 4.37. The molecule has 1 saturated heterocycles. The smallest absolute Gasteiger partial charge is 0.202 e. The normalized spacial score (nSPS) is 14.7. The van der Waals surface area contributed by atoms with Gasteiger partial charge in [-0.2, -0.15) is 4.37 Å². The molecule has 1 fully saturated rings. The second-order valence-electron chi connectivity index (χ2n) is 5.39. The van der Waals surface area contributed by atoms with Crippen LogP contribution in [0.3, 0.4) is 0 Å². The Labute approximate surface area is 129 Å². The summed E-state index contributed by atoms with van der Waals surface area (Å²) in [4.78, 5) is 11.5. The molecule has 0 unspecified atom stereocenters.